The van der Waals surface area contributed by atoms with Gasteiger partial charge in [-0.1, -0.05) is 115 Å². The second-order valence-corrected chi connectivity index (χ2v) is 25.7. The Morgan fingerprint density at radius 3 is 2.30 bits per heavy atom. The van der Waals surface area contributed by atoms with Crippen LogP contribution in [-0.2, 0) is 72.5 Å². The highest BCUT2D eigenvalue weighted by molar-refractivity contribution is 7.85. The van der Waals surface area contributed by atoms with E-state index >= 15 is 0 Å². The maximum absolute atomic E-state index is 14.5. The second-order valence-electron chi connectivity index (χ2n) is 23.9. The van der Waals surface area contributed by atoms with Gasteiger partial charge in [0.05, 0.1) is 51.6 Å². The number of anilines is 1. The number of para-hydroxylation sites is 1. The van der Waals surface area contributed by atoms with Gasteiger partial charge in [0.1, 0.15) is 42.3 Å². The van der Waals surface area contributed by atoms with E-state index < -0.39 is 118 Å². The summed E-state index contributed by atoms with van der Waals surface area (Å²) in [5.74, 6) is -6.91. The van der Waals surface area contributed by atoms with Crippen molar-refractivity contribution >= 4 is 74.1 Å². The number of halogens is 1. The molecule has 4 amide bonds. The first kappa shape index (κ1) is 65.0. The Hall–Kier alpha value is -7.44. The van der Waals surface area contributed by atoms with Crippen LogP contribution in [0.5, 0.6) is 0 Å². The van der Waals surface area contributed by atoms with Crippen molar-refractivity contribution < 1.29 is 70.5 Å². The molecule has 2 unspecified atom stereocenters. The summed E-state index contributed by atoms with van der Waals surface area (Å²) < 4.78 is 69.1. The number of esters is 1. The summed E-state index contributed by atoms with van der Waals surface area (Å²) in [4.78, 5) is 86.5. The number of aliphatic hydroxyl groups is 1. The normalized spacial score (nSPS) is 24.6. The molecule has 4 aliphatic rings. The van der Waals surface area contributed by atoms with Crippen molar-refractivity contribution in [3.05, 3.63) is 148 Å². The molecule has 9 atom stereocenters. The van der Waals surface area contributed by atoms with Crippen LogP contribution in [-0.4, -0.2) is 163 Å². The Morgan fingerprint density at radius 2 is 1.62 bits per heavy atom. The van der Waals surface area contributed by atoms with Crippen molar-refractivity contribution in [2.75, 3.05) is 52.6 Å². The number of hydrogen-bond acceptors (Lipinski definition) is 16. The number of alkyl carbamates (subject to hydrolysis) is 1. The molecule has 9 rings (SSSR count). The topological polar surface area (TPSA) is 259 Å². The zero-order chi connectivity index (χ0) is 63.7. The third-order valence-corrected chi connectivity index (χ3v) is 19.0. The van der Waals surface area contributed by atoms with Gasteiger partial charge in [0.25, 0.3) is 0 Å². The lowest BCUT2D eigenvalue weighted by Gasteiger charge is -2.42. The molecule has 2 saturated heterocycles. The van der Waals surface area contributed by atoms with E-state index in [1.165, 1.54) is 38.0 Å². The molecule has 5 aromatic rings. The summed E-state index contributed by atoms with van der Waals surface area (Å²) in [6, 6.07) is 27.7. The predicted molar refractivity (Wildman–Crippen MR) is 328 cm³/mol. The summed E-state index contributed by atoms with van der Waals surface area (Å²) in [5, 5.41) is 18.6. The molecule has 21 nitrogen and oxygen atoms in total. The fourth-order valence-electron chi connectivity index (χ4n) is 12.4. The molecule has 4 bridgehead atoms. The van der Waals surface area contributed by atoms with E-state index in [-0.39, 0.29) is 38.5 Å². The van der Waals surface area contributed by atoms with Crippen LogP contribution < -0.4 is 10.2 Å². The molecular weight excluding hydrogens is 1170 g/mol. The van der Waals surface area contributed by atoms with Gasteiger partial charge >= 0.3 is 18.2 Å². The van der Waals surface area contributed by atoms with Crippen molar-refractivity contribution in [3.63, 3.8) is 0 Å². The second kappa shape index (κ2) is 26.3. The van der Waals surface area contributed by atoms with Gasteiger partial charge in [0.15, 0.2) is 5.72 Å². The van der Waals surface area contributed by atoms with Crippen LogP contribution >= 0.6 is 11.6 Å². The van der Waals surface area contributed by atoms with E-state index in [1.807, 2.05) is 97.3 Å². The standard InChI is InChI=1S/C65H77ClN6O15S/c1-38-18-17-25-55(83-10)65(79)34-54(85-62(77)67-65)40(3)59-64(5,87-59)56(33-57(74)70(8)53-30-42(28-38)29-39(2)58(53)66)86-61(76)41(4)69(7)60(75)44(37-88(80,81)82)32-46(73)26-27-72-45(31-43-19-11-16-24-52(43)72)35-68(6)71(9)63(78)84-36-51-49-22-14-12-20-47(49)48-21-13-15-23-50(48)51/h11-25,29-31,40-41,44,51,54-56,59,79H,26-28,32-37H2,1-10H3,(H,67,77)(H,80,81,82)/p-1/b25-17+,38-18+/t40-,41+,44?,54+,55-,56+,59?,64+,65-/m1/s1. The minimum Gasteiger partial charge on any atom is -0.748 e. The molecule has 1 aliphatic carbocycles. The fraction of sp³-hybridized carbons (Fsp3) is 0.446. The number of ketones is 1. The van der Waals surface area contributed by atoms with Crippen LogP contribution in [0, 0.1) is 18.8 Å². The Bertz CT molecular complexity index is 3660. The third-order valence-electron chi connectivity index (χ3n) is 17.7. The molecule has 3 aliphatic heterocycles. The van der Waals surface area contributed by atoms with Crippen molar-refractivity contribution in [2.24, 2.45) is 11.8 Å². The minimum atomic E-state index is -5.13. The van der Waals surface area contributed by atoms with E-state index in [1.54, 1.807) is 51.2 Å². The van der Waals surface area contributed by atoms with Crippen LogP contribution in [0.4, 0.5) is 15.3 Å². The van der Waals surface area contributed by atoms with E-state index in [0.29, 0.717) is 22.7 Å². The lowest BCUT2D eigenvalue weighted by Crippen LogP contribution is -2.63. The Labute approximate surface area is 517 Å². The number of carbonyl (C=O) groups is 6. The number of hydrogen-bond donors (Lipinski definition) is 2. The molecule has 2 fully saturated rings. The molecular formula is C65H76ClN6O15S-. The minimum absolute atomic E-state index is 0.0732. The Kier molecular flexibility index (Phi) is 19.5. The smallest absolute Gasteiger partial charge is 0.424 e. The van der Waals surface area contributed by atoms with E-state index in [0.717, 1.165) is 54.9 Å². The molecule has 4 aromatic carbocycles. The molecule has 1 aromatic heterocycles. The molecule has 88 heavy (non-hydrogen) atoms. The number of aromatic nitrogens is 1. The number of allylic oxidation sites excluding steroid dienone is 3. The number of methoxy groups -OCH3 is 1. The van der Waals surface area contributed by atoms with Gasteiger partial charge in [-0.15, -0.1) is 0 Å². The van der Waals surface area contributed by atoms with Gasteiger partial charge in [0, 0.05) is 84.2 Å². The van der Waals surface area contributed by atoms with E-state index in [2.05, 4.69) is 17.4 Å². The number of ether oxygens (including phenoxy) is 5. The molecule has 0 saturated carbocycles. The maximum atomic E-state index is 14.5. The zero-order valence-corrected chi connectivity index (χ0v) is 52.6. The highest BCUT2D eigenvalue weighted by Gasteiger charge is 2.64. The molecule has 23 heteroatoms. The maximum Gasteiger partial charge on any atom is 0.424 e. The summed E-state index contributed by atoms with van der Waals surface area (Å²) in [7, 11) is 2.33. The van der Waals surface area contributed by atoms with Gasteiger partial charge < -0.3 is 47.7 Å². The number of amides is 4. The molecule has 0 spiro atoms. The first-order valence-corrected chi connectivity index (χ1v) is 31.2. The number of benzene rings is 4. The number of nitrogens with one attached hydrogen (secondary N) is 1. The number of hydrazine groups is 1. The van der Waals surface area contributed by atoms with Gasteiger partial charge in [-0.3, -0.25) is 19.7 Å². The highest BCUT2D eigenvalue weighted by Crippen LogP contribution is 2.50. The molecule has 470 valence electrons. The van der Waals surface area contributed by atoms with E-state index in [9.17, 15) is 46.8 Å². The number of likely N-dealkylation sites (N-methyl/N-ethyl adjacent to an activating group) is 1. The lowest BCUT2D eigenvalue weighted by atomic mass is 9.83. The summed E-state index contributed by atoms with van der Waals surface area (Å²) >= 11 is 6.87. The molecule has 4 heterocycles. The number of Topliss-reactive ketones (excluding diaryl/α,β-unsaturated/α-hetero) is 1. The van der Waals surface area contributed by atoms with Crippen LogP contribution in [0.1, 0.15) is 87.2 Å². The number of epoxide rings is 1. The highest BCUT2D eigenvalue weighted by atomic mass is 35.5. The van der Waals surface area contributed by atoms with E-state index in [4.69, 9.17) is 35.3 Å². The number of aryl methyl sites for hydroxylation is 2. The van der Waals surface area contributed by atoms with Crippen molar-refractivity contribution in [1.29, 1.82) is 0 Å². The van der Waals surface area contributed by atoms with Gasteiger partial charge in [0.2, 0.25) is 11.8 Å². The van der Waals surface area contributed by atoms with Crippen LogP contribution in [0.15, 0.2) is 115 Å². The number of nitrogens with zero attached hydrogens (tertiary/aromatic N) is 5. The van der Waals surface area contributed by atoms with Crippen LogP contribution in [0.3, 0.4) is 0 Å². The predicted octanol–water partition coefficient (Wildman–Crippen LogP) is 8.21. The summed E-state index contributed by atoms with van der Waals surface area (Å²) in [5.41, 5.74) is 5.27. The third kappa shape index (κ3) is 14.0. The van der Waals surface area contributed by atoms with Crippen molar-refractivity contribution in [1.82, 2.24) is 24.8 Å². The molecule has 0 radical (unpaired) electrons. The average molecular weight is 1250 g/mol. The van der Waals surface area contributed by atoms with Gasteiger partial charge in [-0.05, 0) is 91.1 Å². The average Bonchev–Trinajstić information content (AvgIpc) is 1.59. The SMILES string of the molecule is CO[C@@H]1/C=C/C=C(\C)Cc2cc(C)c(Cl)c(c2)N(C)C(=O)C[C@H](OC(=O)[C@H](C)N(C)C(=O)C(CC(=O)CCn2c(CN(C)N(C)C(=O)OCC3c4ccccc4-c4ccccc43)cc3ccccc32)CS(=O)(=O)[O-])[C@]2(C)OC2[C@H](C)[C@@H]2C[C@]1(O)NC(=O)O2. The van der Waals surface area contributed by atoms with Gasteiger partial charge in [-0.25, -0.2) is 32.8 Å². The van der Waals surface area contributed by atoms with Crippen LogP contribution in [0.2, 0.25) is 5.02 Å². The lowest BCUT2D eigenvalue weighted by molar-refractivity contribution is -0.162. The van der Waals surface area contributed by atoms with Crippen LogP contribution in [0.25, 0.3) is 22.0 Å². The van der Waals surface area contributed by atoms with Crippen molar-refractivity contribution in [2.45, 2.75) is 128 Å². The Balaban J connectivity index is 0.891. The Morgan fingerprint density at radius 1 is 0.966 bits per heavy atom. The summed E-state index contributed by atoms with van der Waals surface area (Å²) in [6.07, 6.45) is -1.60. The summed E-state index contributed by atoms with van der Waals surface area (Å²) in [6.45, 7) is 8.76. The number of fused-ring (bicyclic) bond motifs is 9. The fourth-order valence-corrected chi connectivity index (χ4v) is 13.4. The largest absolute Gasteiger partial charge is 0.748 e. The number of rotatable bonds is 17. The zero-order valence-electron chi connectivity index (χ0n) is 51.1. The quantitative estimate of drug-likeness (QED) is 0.0292. The first-order chi connectivity index (χ1) is 41.6. The number of carbonyl (C=O) groups excluding carboxylic acids is 6. The molecule has 2 N–H and O–H groups in total. The first-order valence-electron chi connectivity index (χ1n) is 29.2. The van der Waals surface area contributed by atoms with Gasteiger partial charge in [-0.2, -0.15) is 0 Å². The monoisotopic (exact) mass is 1250 g/mol. The van der Waals surface area contributed by atoms with Crippen molar-refractivity contribution in [3.8, 4) is 11.1 Å².